The van der Waals surface area contributed by atoms with Gasteiger partial charge in [-0.25, -0.2) is 4.79 Å². The molecule has 0 spiro atoms. The summed E-state index contributed by atoms with van der Waals surface area (Å²) < 4.78 is 10.5. The monoisotopic (exact) mass is 389 g/mol. The third-order valence-corrected chi connectivity index (χ3v) is 4.76. The van der Waals surface area contributed by atoms with E-state index in [-0.39, 0.29) is 12.4 Å². The maximum atomic E-state index is 12.5. The molecule has 0 aliphatic heterocycles. The number of aryl methyl sites for hydroxylation is 1. The van der Waals surface area contributed by atoms with Gasteiger partial charge in [0, 0.05) is 16.0 Å². The number of benzene rings is 1. The van der Waals surface area contributed by atoms with Gasteiger partial charge < -0.3 is 14.5 Å². The highest BCUT2D eigenvalue weighted by Crippen LogP contribution is 2.37. The predicted molar refractivity (Wildman–Crippen MR) is 102 cm³/mol. The van der Waals surface area contributed by atoms with Gasteiger partial charge in [-0.05, 0) is 43.7 Å². The number of rotatable bonds is 5. The van der Waals surface area contributed by atoms with Crippen LogP contribution in [0.3, 0.4) is 0 Å². The van der Waals surface area contributed by atoms with Crippen molar-refractivity contribution in [2.24, 2.45) is 0 Å². The van der Waals surface area contributed by atoms with Crippen molar-refractivity contribution in [2.45, 2.75) is 13.8 Å². The van der Waals surface area contributed by atoms with Crippen LogP contribution in [0.4, 0.5) is 5.00 Å². The van der Waals surface area contributed by atoms with E-state index in [9.17, 15) is 9.59 Å². The van der Waals surface area contributed by atoms with Gasteiger partial charge in [-0.3, -0.25) is 4.79 Å². The summed E-state index contributed by atoms with van der Waals surface area (Å²) in [6.07, 6.45) is 0. The first-order valence-corrected chi connectivity index (χ1v) is 9.17. The number of nitrogens with one attached hydrogen (secondary N) is 1. The van der Waals surface area contributed by atoms with Crippen LogP contribution >= 0.6 is 22.9 Å². The zero-order valence-electron chi connectivity index (χ0n) is 14.2. The number of thiophene rings is 1. The number of esters is 1. The predicted octanol–water partition coefficient (Wildman–Crippen LogP) is 5.40. The molecule has 0 aliphatic rings. The first kappa shape index (κ1) is 18.2. The largest absolute Gasteiger partial charge is 0.462 e. The molecule has 3 aromatic rings. The van der Waals surface area contributed by atoms with Gasteiger partial charge in [0.1, 0.15) is 16.3 Å². The molecule has 2 aromatic heterocycles. The van der Waals surface area contributed by atoms with Crippen LogP contribution in [0, 0.1) is 6.92 Å². The third kappa shape index (κ3) is 3.81. The number of furan rings is 1. The summed E-state index contributed by atoms with van der Waals surface area (Å²) in [6.45, 7) is 3.72. The van der Waals surface area contributed by atoms with Gasteiger partial charge in [-0.1, -0.05) is 23.7 Å². The van der Waals surface area contributed by atoms with E-state index in [1.165, 1.54) is 11.3 Å². The van der Waals surface area contributed by atoms with Crippen molar-refractivity contribution < 1.29 is 18.7 Å². The van der Waals surface area contributed by atoms with Crippen molar-refractivity contribution in [3.8, 4) is 11.1 Å². The molecule has 1 N–H and O–H groups in total. The number of ether oxygens (including phenoxy) is 1. The van der Waals surface area contributed by atoms with Gasteiger partial charge in [0.2, 0.25) is 0 Å². The van der Waals surface area contributed by atoms with Crippen molar-refractivity contribution in [3.05, 3.63) is 63.9 Å². The standard InChI is InChI=1S/C19H16ClNO4S/c1-3-24-19(23)16-14(12-5-7-13(20)8-6-12)10-26-18(16)21-17(22)15-9-4-11(2)25-15/h4-10H,3H2,1-2H3,(H,21,22). The van der Waals surface area contributed by atoms with Crippen LogP contribution in [-0.4, -0.2) is 18.5 Å². The van der Waals surface area contributed by atoms with Crippen molar-refractivity contribution in [1.29, 1.82) is 0 Å². The molecule has 0 unspecified atom stereocenters. The van der Waals surface area contributed by atoms with Crippen LogP contribution < -0.4 is 5.32 Å². The Morgan fingerprint density at radius 1 is 1.19 bits per heavy atom. The molecule has 1 aromatic carbocycles. The Hall–Kier alpha value is -2.57. The minimum absolute atomic E-state index is 0.179. The summed E-state index contributed by atoms with van der Waals surface area (Å²) >= 11 is 7.19. The van der Waals surface area contributed by atoms with E-state index < -0.39 is 11.9 Å². The third-order valence-electron chi connectivity index (χ3n) is 3.62. The molecule has 1 amide bonds. The number of carbonyl (C=O) groups excluding carboxylic acids is 2. The number of hydrogen-bond donors (Lipinski definition) is 1. The Morgan fingerprint density at radius 3 is 2.54 bits per heavy atom. The highest BCUT2D eigenvalue weighted by molar-refractivity contribution is 7.15. The minimum Gasteiger partial charge on any atom is -0.462 e. The Morgan fingerprint density at radius 2 is 1.92 bits per heavy atom. The average molecular weight is 390 g/mol. The SMILES string of the molecule is CCOC(=O)c1c(-c2ccc(Cl)cc2)csc1NC(=O)c1ccc(C)o1. The van der Waals surface area contributed by atoms with Crippen LogP contribution in [0.1, 0.15) is 33.6 Å². The molecule has 0 bridgehead atoms. The van der Waals surface area contributed by atoms with E-state index in [4.69, 9.17) is 20.8 Å². The summed E-state index contributed by atoms with van der Waals surface area (Å²) in [5, 5.41) is 5.55. The Kier molecular flexibility index (Phi) is 5.44. The van der Waals surface area contributed by atoms with Gasteiger partial charge in [0.05, 0.1) is 6.61 Å². The number of hydrogen-bond acceptors (Lipinski definition) is 5. The molecule has 0 saturated carbocycles. The van der Waals surface area contributed by atoms with Crippen LogP contribution in [0.5, 0.6) is 0 Å². The smallest absolute Gasteiger partial charge is 0.341 e. The van der Waals surface area contributed by atoms with E-state index in [0.29, 0.717) is 26.9 Å². The fourth-order valence-electron chi connectivity index (χ4n) is 2.42. The van der Waals surface area contributed by atoms with Gasteiger partial charge in [0.15, 0.2) is 5.76 Å². The highest BCUT2D eigenvalue weighted by Gasteiger charge is 2.23. The molecule has 0 atom stereocenters. The molecule has 2 heterocycles. The lowest BCUT2D eigenvalue weighted by atomic mass is 10.0. The summed E-state index contributed by atoms with van der Waals surface area (Å²) in [5.41, 5.74) is 1.80. The first-order valence-electron chi connectivity index (χ1n) is 7.92. The first-order chi connectivity index (χ1) is 12.5. The molecule has 5 nitrogen and oxygen atoms in total. The summed E-state index contributed by atoms with van der Waals surface area (Å²) in [7, 11) is 0. The van der Waals surface area contributed by atoms with E-state index in [2.05, 4.69) is 5.32 Å². The number of amides is 1. The van der Waals surface area contributed by atoms with Crippen LogP contribution in [0.25, 0.3) is 11.1 Å². The minimum atomic E-state index is -0.496. The van der Waals surface area contributed by atoms with Crippen molar-refractivity contribution >= 4 is 39.8 Å². The molecular formula is C19H16ClNO4S. The number of carbonyl (C=O) groups is 2. The van der Waals surface area contributed by atoms with Gasteiger partial charge >= 0.3 is 5.97 Å². The highest BCUT2D eigenvalue weighted by atomic mass is 35.5. The lowest BCUT2D eigenvalue weighted by Gasteiger charge is -2.08. The van der Waals surface area contributed by atoms with Crippen molar-refractivity contribution in [2.75, 3.05) is 11.9 Å². The summed E-state index contributed by atoms with van der Waals surface area (Å²) in [6, 6.07) is 10.4. The molecule has 0 aliphatic carbocycles. The van der Waals surface area contributed by atoms with Gasteiger partial charge in [-0.2, -0.15) is 0 Å². The fraction of sp³-hybridized carbons (Fsp3) is 0.158. The van der Waals surface area contributed by atoms with Crippen LogP contribution in [0.2, 0.25) is 5.02 Å². The van der Waals surface area contributed by atoms with E-state index >= 15 is 0 Å². The second-order valence-corrected chi connectivity index (χ2v) is 6.76. The molecule has 7 heteroatoms. The van der Waals surface area contributed by atoms with Gasteiger partial charge in [-0.15, -0.1) is 11.3 Å². The van der Waals surface area contributed by atoms with Crippen LogP contribution in [-0.2, 0) is 4.74 Å². The Labute approximate surface area is 159 Å². The molecular weight excluding hydrogens is 374 g/mol. The van der Waals surface area contributed by atoms with Crippen molar-refractivity contribution in [3.63, 3.8) is 0 Å². The maximum absolute atomic E-state index is 12.5. The number of halogens is 1. The summed E-state index contributed by atoms with van der Waals surface area (Å²) in [5.74, 6) is -0.106. The van der Waals surface area contributed by atoms with Crippen molar-refractivity contribution in [1.82, 2.24) is 0 Å². The quantitative estimate of drug-likeness (QED) is 0.593. The van der Waals surface area contributed by atoms with E-state index in [0.717, 1.165) is 5.56 Å². The molecule has 26 heavy (non-hydrogen) atoms. The Bertz CT molecular complexity index is 943. The topological polar surface area (TPSA) is 68.5 Å². The van der Waals surface area contributed by atoms with Gasteiger partial charge in [0.25, 0.3) is 5.91 Å². The molecule has 0 saturated heterocycles. The van der Waals surface area contributed by atoms with E-state index in [1.54, 1.807) is 43.5 Å². The fourth-order valence-corrected chi connectivity index (χ4v) is 3.50. The average Bonchev–Trinajstić information content (AvgIpc) is 3.22. The number of anilines is 1. The van der Waals surface area contributed by atoms with E-state index in [1.807, 2.05) is 12.1 Å². The molecule has 0 radical (unpaired) electrons. The molecule has 3 rings (SSSR count). The lowest BCUT2D eigenvalue weighted by Crippen LogP contribution is -2.14. The maximum Gasteiger partial charge on any atom is 0.341 e. The second kappa shape index (κ2) is 7.76. The van der Waals surface area contributed by atoms with Crippen LogP contribution in [0.15, 0.2) is 46.2 Å². The summed E-state index contributed by atoms with van der Waals surface area (Å²) in [4.78, 5) is 24.9. The lowest BCUT2D eigenvalue weighted by molar-refractivity contribution is 0.0529. The molecule has 134 valence electrons. The molecule has 0 fully saturated rings. The normalized spacial score (nSPS) is 10.6. The Balaban J connectivity index is 1.98. The zero-order chi connectivity index (χ0) is 18.7. The second-order valence-electron chi connectivity index (χ2n) is 5.45. The zero-order valence-corrected chi connectivity index (χ0v) is 15.7.